The number of thiazole rings is 1. The summed E-state index contributed by atoms with van der Waals surface area (Å²) in [6, 6.07) is 0. The topological polar surface area (TPSA) is 82.9 Å². The predicted molar refractivity (Wildman–Crippen MR) is 79.0 cm³/mol. The Bertz CT molecular complexity index is 501. The van der Waals surface area contributed by atoms with E-state index < -0.39 is 11.2 Å². The minimum absolute atomic E-state index is 0.128. The van der Waals surface area contributed by atoms with Gasteiger partial charge in [0.25, 0.3) is 0 Å². The average molecular weight is 314 g/mol. The van der Waals surface area contributed by atoms with Gasteiger partial charge in [-0.25, -0.2) is 9.78 Å². The van der Waals surface area contributed by atoms with E-state index in [9.17, 15) is 9.90 Å². The molecule has 1 aliphatic rings. The van der Waals surface area contributed by atoms with Gasteiger partial charge in [0.2, 0.25) is 0 Å². The van der Waals surface area contributed by atoms with E-state index in [1.807, 2.05) is 20.8 Å². The number of hydrogen-bond donors (Lipinski definition) is 2. The average Bonchev–Trinajstić information content (AvgIpc) is 2.87. The molecule has 1 aromatic rings. The number of hydrogen-bond acceptors (Lipinski definition) is 6. The summed E-state index contributed by atoms with van der Waals surface area (Å²) in [5.74, 6) is 0. The minimum Gasteiger partial charge on any atom is -0.444 e. The third kappa shape index (κ3) is 3.93. The van der Waals surface area contributed by atoms with E-state index >= 15 is 0 Å². The second kappa shape index (κ2) is 5.90. The van der Waals surface area contributed by atoms with Crippen LogP contribution >= 0.6 is 11.3 Å². The van der Waals surface area contributed by atoms with E-state index in [1.165, 1.54) is 11.3 Å². The van der Waals surface area contributed by atoms with Gasteiger partial charge < -0.3 is 19.8 Å². The lowest BCUT2D eigenvalue weighted by Gasteiger charge is -2.37. The van der Waals surface area contributed by atoms with Gasteiger partial charge in [0.1, 0.15) is 16.2 Å². The van der Waals surface area contributed by atoms with Crippen LogP contribution in [0.3, 0.4) is 0 Å². The smallest absolute Gasteiger partial charge is 0.410 e. The molecule has 7 heteroatoms. The van der Waals surface area contributed by atoms with Crippen molar-refractivity contribution in [3.63, 3.8) is 0 Å². The molecule has 0 unspecified atom stereocenters. The van der Waals surface area contributed by atoms with Crippen molar-refractivity contribution in [2.75, 3.05) is 13.1 Å². The van der Waals surface area contributed by atoms with Crippen molar-refractivity contribution in [1.29, 1.82) is 0 Å². The van der Waals surface area contributed by atoms with E-state index in [-0.39, 0.29) is 12.7 Å². The second-order valence-electron chi connectivity index (χ2n) is 6.30. The number of aromatic nitrogens is 1. The Morgan fingerprint density at radius 2 is 2.10 bits per heavy atom. The van der Waals surface area contributed by atoms with Crippen LogP contribution in [-0.4, -0.2) is 44.9 Å². The number of carbonyl (C=O) groups is 1. The molecule has 2 heterocycles. The van der Waals surface area contributed by atoms with Gasteiger partial charge in [0.15, 0.2) is 0 Å². The van der Waals surface area contributed by atoms with Gasteiger partial charge in [-0.05, 0) is 20.8 Å². The first-order valence-corrected chi connectivity index (χ1v) is 7.87. The number of nitrogens with zero attached hydrogens (tertiary/aromatic N) is 2. The van der Waals surface area contributed by atoms with Gasteiger partial charge in [-0.3, -0.25) is 0 Å². The fraction of sp³-hybridized carbons (Fsp3) is 0.714. The summed E-state index contributed by atoms with van der Waals surface area (Å²) in [6.07, 6.45) is 0.495. The third-order valence-electron chi connectivity index (χ3n) is 3.35. The Hall–Kier alpha value is -1.18. The van der Waals surface area contributed by atoms with Crippen LogP contribution in [0.1, 0.15) is 44.3 Å². The molecule has 21 heavy (non-hydrogen) atoms. The number of piperidine rings is 1. The van der Waals surface area contributed by atoms with Crippen LogP contribution in [0.4, 0.5) is 4.79 Å². The van der Waals surface area contributed by atoms with Crippen LogP contribution < -0.4 is 0 Å². The van der Waals surface area contributed by atoms with Crippen molar-refractivity contribution in [3.8, 4) is 0 Å². The standard InChI is InChI=1S/C14H22N2O4S/c1-13(2,3)20-12(18)16-6-4-14(19,5-7-16)11-15-10(8-17)9-21-11/h9,17,19H,4-8H2,1-3H3. The zero-order valence-corrected chi connectivity index (χ0v) is 13.4. The summed E-state index contributed by atoms with van der Waals surface area (Å²) in [5, 5.41) is 22.1. The summed E-state index contributed by atoms with van der Waals surface area (Å²) in [4.78, 5) is 17.8. The molecule has 0 aliphatic carbocycles. The largest absolute Gasteiger partial charge is 0.444 e. The van der Waals surface area contributed by atoms with Gasteiger partial charge in [0.05, 0.1) is 12.3 Å². The highest BCUT2D eigenvalue weighted by Crippen LogP contribution is 2.35. The molecule has 0 saturated carbocycles. The van der Waals surface area contributed by atoms with E-state index in [4.69, 9.17) is 9.84 Å². The van der Waals surface area contributed by atoms with E-state index in [2.05, 4.69) is 4.98 Å². The number of aliphatic hydroxyl groups excluding tert-OH is 1. The number of amides is 1. The first kappa shape index (κ1) is 16.2. The number of aliphatic hydroxyl groups is 2. The molecular formula is C14H22N2O4S. The van der Waals surface area contributed by atoms with E-state index in [0.717, 1.165) is 0 Å². The number of ether oxygens (including phenoxy) is 1. The fourth-order valence-corrected chi connectivity index (χ4v) is 3.16. The van der Waals surface area contributed by atoms with Crippen molar-refractivity contribution in [2.45, 2.75) is 51.4 Å². The fourth-order valence-electron chi connectivity index (χ4n) is 2.19. The van der Waals surface area contributed by atoms with Crippen LogP contribution in [0.2, 0.25) is 0 Å². The van der Waals surface area contributed by atoms with Gasteiger partial charge in [-0.2, -0.15) is 0 Å². The van der Waals surface area contributed by atoms with Crippen molar-refractivity contribution < 1.29 is 19.7 Å². The van der Waals surface area contributed by atoms with Crippen molar-refractivity contribution in [2.24, 2.45) is 0 Å². The highest BCUT2D eigenvalue weighted by Gasteiger charge is 2.38. The van der Waals surface area contributed by atoms with E-state index in [0.29, 0.717) is 36.6 Å². The highest BCUT2D eigenvalue weighted by molar-refractivity contribution is 7.09. The van der Waals surface area contributed by atoms with Crippen molar-refractivity contribution in [3.05, 3.63) is 16.1 Å². The normalized spacial score (nSPS) is 18.6. The molecule has 1 fully saturated rings. The summed E-state index contributed by atoms with van der Waals surface area (Å²) >= 11 is 1.34. The SMILES string of the molecule is CC(C)(C)OC(=O)N1CCC(O)(c2nc(CO)cs2)CC1. The molecule has 0 radical (unpaired) electrons. The molecule has 1 aliphatic heterocycles. The molecule has 0 bridgehead atoms. The van der Waals surface area contributed by atoms with Crippen LogP contribution in [0.5, 0.6) is 0 Å². The van der Waals surface area contributed by atoms with Crippen LogP contribution in [0.15, 0.2) is 5.38 Å². The van der Waals surface area contributed by atoms with Gasteiger partial charge in [-0.15, -0.1) is 11.3 Å². The number of likely N-dealkylation sites (tertiary alicyclic amines) is 1. The summed E-state index contributed by atoms with van der Waals surface area (Å²) in [6.45, 7) is 6.22. The summed E-state index contributed by atoms with van der Waals surface area (Å²) in [5.41, 5.74) is -0.967. The maximum atomic E-state index is 12.0. The Kier molecular flexibility index (Phi) is 4.55. The van der Waals surface area contributed by atoms with Crippen molar-refractivity contribution in [1.82, 2.24) is 9.88 Å². The molecule has 2 N–H and O–H groups in total. The second-order valence-corrected chi connectivity index (χ2v) is 7.16. The quantitative estimate of drug-likeness (QED) is 0.870. The molecule has 0 aromatic carbocycles. The summed E-state index contributed by atoms with van der Waals surface area (Å²) < 4.78 is 5.33. The maximum absolute atomic E-state index is 12.0. The lowest BCUT2D eigenvalue weighted by molar-refractivity contribution is -0.0358. The molecule has 1 saturated heterocycles. The van der Waals surface area contributed by atoms with Crippen LogP contribution in [0.25, 0.3) is 0 Å². The maximum Gasteiger partial charge on any atom is 0.410 e. The molecule has 118 valence electrons. The van der Waals surface area contributed by atoms with Gasteiger partial charge >= 0.3 is 6.09 Å². The van der Waals surface area contributed by atoms with Gasteiger partial charge in [-0.1, -0.05) is 0 Å². The van der Waals surface area contributed by atoms with E-state index in [1.54, 1.807) is 10.3 Å². The van der Waals surface area contributed by atoms with Crippen LogP contribution in [-0.2, 0) is 16.9 Å². The zero-order chi connectivity index (χ0) is 15.7. The predicted octanol–water partition coefficient (Wildman–Crippen LogP) is 1.85. The Morgan fingerprint density at radius 1 is 1.48 bits per heavy atom. The minimum atomic E-state index is -1.02. The van der Waals surface area contributed by atoms with Crippen LogP contribution in [0, 0.1) is 0 Å². The Balaban J connectivity index is 1.97. The molecule has 1 aromatic heterocycles. The molecule has 2 rings (SSSR count). The number of carbonyl (C=O) groups excluding carboxylic acids is 1. The molecule has 1 amide bonds. The third-order valence-corrected chi connectivity index (χ3v) is 4.44. The van der Waals surface area contributed by atoms with Crippen molar-refractivity contribution >= 4 is 17.4 Å². The Morgan fingerprint density at radius 3 is 2.57 bits per heavy atom. The monoisotopic (exact) mass is 314 g/mol. The Labute approximate surface area is 128 Å². The molecule has 0 atom stereocenters. The highest BCUT2D eigenvalue weighted by atomic mass is 32.1. The first-order valence-electron chi connectivity index (χ1n) is 6.99. The zero-order valence-electron chi connectivity index (χ0n) is 12.6. The lowest BCUT2D eigenvalue weighted by Crippen LogP contribution is -2.46. The van der Waals surface area contributed by atoms with Gasteiger partial charge in [0, 0.05) is 31.3 Å². The first-order chi connectivity index (χ1) is 9.73. The lowest BCUT2D eigenvalue weighted by atomic mass is 9.92. The number of rotatable bonds is 2. The molecule has 6 nitrogen and oxygen atoms in total. The summed E-state index contributed by atoms with van der Waals surface area (Å²) in [7, 11) is 0. The molecule has 0 spiro atoms. The molecular weight excluding hydrogens is 292 g/mol.